The molecule has 5 fully saturated rings. The van der Waals surface area contributed by atoms with Gasteiger partial charge in [0.2, 0.25) is 5.91 Å². The summed E-state index contributed by atoms with van der Waals surface area (Å²) < 4.78 is 0. The molecule has 0 radical (unpaired) electrons. The number of nitrogens with two attached hydrogens (primary N) is 1. The summed E-state index contributed by atoms with van der Waals surface area (Å²) in [5.74, 6) is 1.51. The van der Waals surface area contributed by atoms with Gasteiger partial charge in [-0.1, -0.05) is 6.08 Å². The summed E-state index contributed by atoms with van der Waals surface area (Å²) in [4.78, 5) is 28.8. The second-order valence-corrected chi connectivity index (χ2v) is 8.22. The SMILES string of the molecule is NC(=O)C12CC3CC(C1)C(N1C[C@@H]4CC=CN4C1=O)C(C3)C2. The van der Waals surface area contributed by atoms with Gasteiger partial charge in [0.05, 0.1) is 6.04 Å². The van der Waals surface area contributed by atoms with Crippen LogP contribution in [0.3, 0.4) is 0 Å². The first-order chi connectivity index (χ1) is 10.6. The molecule has 0 spiro atoms. The van der Waals surface area contributed by atoms with E-state index in [1.165, 1.54) is 12.8 Å². The third-order valence-corrected chi connectivity index (χ3v) is 7.05. The van der Waals surface area contributed by atoms with Crippen molar-refractivity contribution < 1.29 is 9.59 Å². The minimum atomic E-state index is -0.258. The lowest BCUT2D eigenvalue weighted by Gasteiger charge is -2.60. The Balaban J connectivity index is 1.45. The highest BCUT2D eigenvalue weighted by Crippen LogP contribution is 2.61. The number of urea groups is 1. The minimum absolute atomic E-state index is 0.0957. The fourth-order valence-corrected chi connectivity index (χ4v) is 6.46. The lowest BCUT2D eigenvalue weighted by Crippen LogP contribution is -2.62. The van der Waals surface area contributed by atoms with Crippen LogP contribution in [-0.4, -0.2) is 40.4 Å². The molecule has 0 aromatic carbocycles. The molecule has 4 saturated carbocycles. The molecule has 2 N–H and O–H groups in total. The lowest BCUT2D eigenvalue weighted by atomic mass is 9.47. The molecule has 6 aliphatic rings. The normalized spacial score (nSPS) is 48.4. The van der Waals surface area contributed by atoms with Crippen molar-refractivity contribution in [3.63, 3.8) is 0 Å². The van der Waals surface area contributed by atoms with E-state index in [2.05, 4.69) is 11.0 Å². The van der Waals surface area contributed by atoms with Gasteiger partial charge in [0.15, 0.2) is 0 Å². The van der Waals surface area contributed by atoms with Gasteiger partial charge < -0.3 is 10.6 Å². The molecular formula is C17H23N3O2. The van der Waals surface area contributed by atoms with E-state index in [-0.39, 0.29) is 17.4 Å². The number of carbonyl (C=O) groups is 2. The van der Waals surface area contributed by atoms with Crippen molar-refractivity contribution in [1.82, 2.24) is 9.80 Å². The van der Waals surface area contributed by atoms with Gasteiger partial charge in [-0.05, 0) is 56.3 Å². The third-order valence-electron chi connectivity index (χ3n) is 7.05. The molecule has 22 heavy (non-hydrogen) atoms. The highest BCUT2D eigenvalue weighted by atomic mass is 16.2. The van der Waals surface area contributed by atoms with Gasteiger partial charge in [0, 0.05) is 24.2 Å². The Bertz CT molecular complexity index is 570. The zero-order valence-corrected chi connectivity index (χ0v) is 12.8. The Hall–Kier alpha value is -1.52. The minimum Gasteiger partial charge on any atom is -0.369 e. The van der Waals surface area contributed by atoms with Crippen LogP contribution in [0.2, 0.25) is 0 Å². The molecule has 5 nitrogen and oxygen atoms in total. The maximum atomic E-state index is 12.7. The molecule has 4 aliphatic carbocycles. The van der Waals surface area contributed by atoms with Crippen molar-refractivity contribution in [3.8, 4) is 0 Å². The first-order valence-corrected chi connectivity index (χ1v) is 8.63. The van der Waals surface area contributed by atoms with Crippen molar-refractivity contribution in [2.45, 2.75) is 50.6 Å². The van der Waals surface area contributed by atoms with E-state index >= 15 is 0 Å². The Kier molecular flexibility index (Phi) is 2.39. The van der Waals surface area contributed by atoms with Crippen LogP contribution in [0.25, 0.3) is 0 Å². The van der Waals surface area contributed by atoms with E-state index in [1.54, 1.807) is 0 Å². The standard InChI is InChI=1S/C17H23N3O2/c18-15(21)17-6-10-4-11(7-17)14(12(5-10)8-17)20-9-13-2-1-3-19(13)16(20)22/h1,3,10-14H,2,4-9H2,(H2,18,21)/t10?,11?,12?,13-,14?,17?/m0/s1. The van der Waals surface area contributed by atoms with Crippen LogP contribution in [0.4, 0.5) is 4.79 Å². The summed E-state index contributed by atoms with van der Waals surface area (Å²) in [5, 5.41) is 0. The molecule has 5 heteroatoms. The predicted octanol–water partition coefficient (Wildman–Crippen LogP) is 1.69. The summed E-state index contributed by atoms with van der Waals surface area (Å²) in [6.45, 7) is 0.859. The third kappa shape index (κ3) is 1.49. The monoisotopic (exact) mass is 301 g/mol. The number of hydrogen-bond donors (Lipinski definition) is 1. The fourth-order valence-electron chi connectivity index (χ4n) is 6.46. The Morgan fingerprint density at radius 3 is 2.59 bits per heavy atom. The predicted molar refractivity (Wildman–Crippen MR) is 80.5 cm³/mol. The van der Waals surface area contributed by atoms with Crippen LogP contribution in [0.1, 0.15) is 38.5 Å². The zero-order valence-electron chi connectivity index (χ0n) is 12.8. The van der Waals surface area contributed by atoms with Gasteiger partial charge in [-0.2, -0.15) is 0 Å². The Labute approximate surface area is 130 Å². The molecule has 118 valence electrons. The number of fused-ring (bicyclic) bond motifs is 1. The maximum Gasteiger partial charge on any atom is 0.324 e. The van der Waals surface area contributed by atoms with Crippen LogP contribution in [-0.2, 0) is 4.79 Å². The first kappa shape index (κ1) is 13.0. The van der Waals surface area contributed by atoms with Crippen molar-refractivity contribution in [2.24, 2.45) is 28.9 Å². The van der Waals surface area contributed by atoms with Crippen LogP contribution < -0.4 is 5.73 Å². The molecule has 3 amide bonds. The van der Waals surface area contributed by atoms with E-state index in [0.29, 0.717) is 29.8 Å². The van der Waals surface area contributed by atoms with E-state index < -0.39 is 0 Å². The van der Waals surface area contributed by atoms with E-state index in [1.807, 2.05) is 11.1 Å². The number of carbonyl (C=O) groups excluding carboxylic acids is 2. The topological polar surface area (TPSA) is 66.6 Å². The van der Waals surface area contributed by atoms with E-state index in [9.17, 15) is 9.59 Å². The highest BCUT2D eigenvalue weighted by Gasteiger charge is 2.60. The summed E-state index contributed by atoms with van der Waals surface area (Å²) in [6, 6.07) is 0.870. The van der Waals surface area contributed by atoms with Gasteiger partial charge in [-0.25, -0.2) is 4.79 Å². The smallest absolute Gasteiger partial charge is 0.324 e. The second-order valence-electron chi connectivity index (χ2n) is 8.22. The first-order valence-electron chi connectivity index (χ1n) is 8.63. The summed E-state index contributed by atoms with van der Waals surface area (Å²) in [7, 11) is 0. The molecular weight excluding hydrogens is 278 g/mol. The molecule has 0 aromatic heterocycles. The number of primary amides is 1. The fraction of sp³-hybridized carbons (Fsp3) is 0.765. The van der Waals surface area contributed by atoms with Gasteiger partial charge in [0.1, 0.15) is 0 Å². The number of amides is 3. The second kappa shape index (κ2) is 4.06. The van der Waals surface area contributed by atoms with Gasteiger partial charge in [-0.15, -0.1) is 0 Å². The lowest BCUT2D eigenvalue weighted by molar-refractivity contribution is -0.149. The van der Waals surface area contributed by atoms with Crippen LogP contribution in [0.15, 0.2) is 12.3 Å². The quantitative estimate of drug-likeness (QED) is 0.843. The average molecular weight is 301 g/mol. The summed E-state index contributed by atoms with van der Waals surface area (Å²) in [5.41, 5.74) is 5.50. The summed E-state index contributed by atoms with van der Waals surface area (Å²) in [6.07, 6.45) is 10.2. The van der Waals surface area contributed by atoms with Crippen LogP contribution >= 0.6 is 0 Å². The average Bonchev–Trinajstić information content (AvgIpc) is 3.02. The van der Waals surface area contributed by atoms with Crippen molar-refractivity contribution in [3.05, 3.63) is 12.3 Å². The van der Waals surface area contributed by atoms with Crippen LogP contribution in [0.5, 0.6) is 0 Å². The molecule has 0 aromatic rings. The number of hydrogen-bond acceptors (Lipinski definition) is 2. The van der Waals surface area contributed by atoms with Crippen LogP contribution in [0, 0.1) is 23.2 Å². The van der Waals surface area contributed by atoms with Gasteiger partial charge >= 0.3 is 6.03 Å². The Morgan fingerprint density at radius 2 is 1.95 bits per heavy atom. The number of rotatable bonds is 2. The molecule has 4 bridgehead atoms. The molecule has 6 rings (SSSR count). The maximum absolute atomic E-state index is 12.7. The number of nitrogens with zero attached hydrogens (tertiary/aromatic N) is 2. The van der Waals surface area contributed by atoms with Gasteiger partial charge in [-0.3, -0.25) is 9.69 Å². The molecule has 3 atom stereocenters. The largest absolute Gasteiger partial charge is 0.369 e. The zero-order chi connectivity index (χ0) is 15.1. The summed E-state index contributed by atoms with van der Waals surface area (Å²) >= 11 is 0. The molecule has 2 aliphatic heterocycles. The van der Waals surface area contributed by atoms with Crippen molar-refractivity contribution >= 4 is 11.9 Å². The molecule has 2 heterocycles. The van der Waals surface area contributed by atoms with Gasteiger partial charge in [0.25, 0.3) is 0 Å². The Morgan fingerprint density at radius 1 is 1.23 bits per heavy atom. The highest BCUT2D eigenvalue weighted by molar-refractivity contribution is 5.82. The molecule has 2 unspecified atom stereocenters. The van der Waals surface area contributed by atoms with Crippen molar-refractivity contribution in [2.75, 3.05) is 6.54 Å². The van der Waals surface area contributed by atoms with E-state index in [0.717, 1.165) is 32.2 Å². The molecule has 1 saturated heterocycles. The van der Waals surface area contributed by atoms with E-state index in [4.69, 9.17) is 5.73 Å². The van der Waals surface area contributed by atoms with Crippen molar-refractivity contribution in [1.29, 1.82) is 0 Å².